The number of thioether (sulfide) groups is 1. The van der Waals surface area contributed by atoms with E-state index in [1.165, 1.54) is 11.8 Å². The lowest BCUT2D eigenvalue weighted by molar-refractivity contribution is -0.698. The van der Waals surface area contributed by atoms with Crippen LogP contribution in [-0.2, 0) is 22.6 Å². The molecule has 2 heterocycles. The second-order valence-electron chi connectivity index (χ2n) is 3.63. The highest BCUT2D eigenvalue weighted by molar-refractivity contribution is 8.13. The third kappa shape index (κ3) is 3.54. The molecule has 0 fully saturated rings. The first-order chi connectivity index (χ1) is 7.66. The van der Waals surface area contributed by atoms with Crippen LogP contribution in [0.1, 0.15) is 12.6 Å². The van der Waals surface area contributed by atoms with Crippen molar-refractivity contribution in [1.29, 1.82) is 0 Å². The Kier molecular flexibility index (Phi) is 5.14. The first kappa shape index (κ1) is 14.2. The van der Waals surface area contributed by atoms with Gasteiger partial charge in [-0.25, -0.2) is 0 Å². The maximum absolute atomic E-state index is 11.3. The number of fused-ring (bicyclic) bond motifs is 1. The number of hydrogen-bond donors (Lipinski definition) is 1. The molecule has 0 saturated carbocycles. The average Bonchev–Trinajstić information content (AvgIpc) is 2.58. The molecule has 1 aliphatic rings. The first-order valence-electron chi connectivity index (χ1n) is 5.11. The molecule has 1 aliphatic heterocycles. The van der Waals surface area contributed by atoms with Crippen LogP contribution in [-0.4, -0.2) is 16.8 Å². The van der Waals surface area contributed by atoms with Gasteiger partial charge in [-0.1, -0.05) is 11.8 Å². The van der Waals surface area contributed by atoms with E-state index in [1.807, 2.05) is 22.9 Å². The highest BCUT2D eigenvalue weighted by Gasteiger charge is 2.26. The lowest BCUT2D eigenvalue weighted by Gasteiger charge is -2.00. The van der Waals surface area contributed by atoms with Crippen LogP contribution in [0.25, 0.3) is 0 Å². The molecule has 6 heteroatoms. The van der Waals surface area contributed by atoms with E-state index < -0.39 is 0 Å². The monoisotopic (exact) mass is 316 g/mol. The molecule has 0 radical (unpaired) electrons. The van der Waals surface area contributed by atoms with Gasteiger partial charge >= 0.3 is 0 Å². The summed E-state index contributed by atoms with van der Waals surface area (Å²) in [6, 6.07) is 3.80. The van der Waals surface area contributed by atoms with Crippen molar-refractivity contribution in [3.63, 3.8) is 0 Å². The van der Waals surface area contributed by atoms with E-state index >= 15 is 0 Å². The summed E-state index contributed by atoms with van der Waals surface area (Å²) in [6.45, 7) is 2.32. The summed E-state index contributed by atoms with van der Waals surface area (Å²) < 4.78 is 2.03. The van der Waals surface area contributed by atoms with Crippen LogP contribution in [0.2, 0.25) is 0 Å². The zero-order valence-corrected chi connectivity index (χ0v) is 11.8. The molecule has 0 bridgehead atoms. The van der Waals surface area contributed by atoms with Crippen LogP contribution < -0.4 is 26.9 Å². The number of aromatic nitrogens is 1. The van der Waals surface area contributed by atoms with Crippen molar-refractivity contribution in [2.45, 2.75) is 19.9 Å². The predicted molar refractivity (Wildman–Crippen MR) is 62.1 cm³/mol. The molecule has 1 amide bonds. The zero-order chi connectivity index (χ0) is 11.5. The normalized spacial score (nSPS) is 12.6. The van der Waals surface area contributed by atoms with E-state index in [0.717, 1.165) is 23.7 Å². The van der Waals surface area contributed by atoms with E-state index in [2.05, 4.69) is 5.32 Å². The molecule has 17 heavy (non-hydrogen) atoms. The van der Waals surface area contributed by atoms with Gasteiger partial charge in [0.2, 0.25) is 11.6 Å². The van der Waals surface area contributed by atoms with Crippen molar-refractivity contribution in [2.24, 2.45) is 0 Å². The molecule has 0 spiro atoms. The van der Waals surface area contributed by atoms with E-state index in [9.17, 15) is 9.59 Å². The topological polar surface area (TPSA) is 50.0 Å². The van der Waals surface area contributed by atoms with Crippen molar-refractivity contribution in [1.82, 2.24) is 0 Å². The number of amides is 1. The summed E-state index contributed by atoms with van der Waals surface area (Å²) in [5.74, 6) is 0.777. The number of nitrogens with one attached hydrogen (secondary N) is 1. The lowest BCUT2D eigenvalue weighted by atomic mass is 10.3. The summed E-state index contributed by atoms with van der Waals surface area (Å²) >= 11 is 1.31. The molecule has 0 unspecified atom stereocenters. The third-order valence-corrected chi connectivity index (χ3v) is 3.22. The minimum absolute atomic E-state index is 0. The molecule has 4 nitrogen and oxygen atoms in total. The fourth-order valence-corrected chi connectivity index (χ4v) is 2.31. The van der Waals surface area contributed by atoms with Crippen LogP contribution in [0.4, 0.5) is 5.69 Å². The van der Waals surface area contributed by atoms with Crippen molar-refractivity contribution in [3.05, 3.63) is 24.0 Å². The fraction of sp³-hybridized carbons (Fsp3) is 0.364. The largest absolute Gasteiger partial charge is 1.00 e. The van der Waals surface area contributed by atoms with E-state index in [0.29, 0.717) is 6.42 Å². The van der Waals surface area contributed by atoms with Gasteiger partial charge in [-0.3, -0.25) is 9.59 Å². The molecule has 1 N–H and O–H groups in total. The molecule has 0 saturated heterocycles. The third-order valence-electron chi connectivity index (χ3n) is 2.43. The van der Waals surface area contributed by atoms with Gasteiger partial charge in [0.15, 0.2) is 17.9 Å². The SMILES string of the molecule is CC(=O)SCC[n+]1cccc2c1CC(=O)N2.[Br-]. The number of halogens is 1. The van der Waals surface area contributed by atoms with Crippen LogP contribution in [0, 0.1) is 0 Å². The van der Waals surface area contributed by atoms with Gasteiger partial charge in [0.25, 0.3) is 0 Å². The van der Waals surface area contributed by atoms with Crippen LogP contribution in [0.5, 0.6) is 0 Å². The molecule has 1 aromatic rings. The van der Waals surface area contributed by atoms with Gasteiger partial charge in [0, 0.05) is 13.0 Å². The highest BCUT2D eigenvalue weighted by Crippen LogP contribution is 2.18. The minimum Gasteiger partial charge on any atom is -1.00 e. The number of hydrogen-bond acceptors (Lipinski definition) is 3. The molecular formula is C11H13BrN2O2S. The van der Waals surface area contributed by atoms with E-state index in [-0.39, 0.29) is 28.0 Å². The Bertz CT molecular complexity index is 451. The average molecular weight is 317 g/mol. The summed E-state index contributed by atoms with van der Waals surface area (Å²) in [4.78, 5) is 22.1. The number of aryl methyl sites for hydroxylation is 1. The molecule has 0 atom stereocenters. The van der Waals surface area contributed by atoms with Crippen molar-refractivity contribution in [2.75, 3.05) is 11.1 Å². The molecular weight excluding hydrogens is 304 g/mol. The quantitative estimate of drug-likeness (QED) is 0.641. The van der Waals surface area contributed by atoms with Gasteiger partial charge in [0.1, 0.15) is 12.1 Å². The molecule has 2 rings (SSSR count). The van der Waals surface area contributed by atoms with Gasteiger partial charge in [0.05, 0.1) is 5.75 Å². The first-order valence-corrected chi connectivity index (χ1v) is 6.10. The summed E-state index contributed by atoms with van der Waals surface area (Å²) in [5, 5.41) is 2.93. The van der Waals surface area contributed by atoms with Crippen molar-refractivity contribution in [3.8, 4) is 0 Å². The van der Waals surface area contributed by atoms with E-state index in [1.54, 1.807) is 6.92 Å². The Morgan fingerprint density at radius 3 is 3.06 bits per heavy atom. The van der Waals surface area contributed by atoms with Gasteiger partial charge in [-0.15, -0.1) is 0 Å². The molecule has 1 aromatic heterocycles. The number of pyridine rings is 1. The summed E-state index contributed by atoms with van der Waals surface area (Å²) in [5.41, 5.74) is 1.90. The number of anilines is 1. The Hall–Kier alpha value is -0.880. The second kappa shape index (κ2) is 6.16. The Labute approximate surface area is 115 Å². The van der Waals surface area contributed by atoms with Crippen molar-refractivity contribution >= 4 is 28.5 Å². The fourth-order valence-electron chi connectivity index (χ4n) is 1.74. The van der Waals surface area contributed by atoms with Gasteiger partial charge in [-0.05, 0) is 6.07 Å². The van der Waals surface area contributed by atoms with Crippen LogP contribution in [0.15, 0.2) is 18.3 Å². The Morgan fingerprint density at radius 2 is 2.35 bits per heavy atom. The van der Waals surface area contributed by atoms with Crippen molar-refractivity contribution < 1.29 is 31.1 Å². The smallest absolute Gasteiger partial charge is 0.235 e. The molecule has 92 valence electrons. The standard InChI is InChI=1S/C11H12N2O2S.BrH/c1-8(14)16-6-5-13-4-2-3-9-10(13)7-11(15)12-9;/h2-4H,5-7H2,1H3;1H. The highest BCUT2D eigenvalue weighted by atomic mass is 79.9. The maximum Gasteiger partial charge on any atom is 0.235 e. The minimum atomic E-state index is 0. The maximum atomic E-state index is 11.3. The van der Waals surface area contributed by atoms with Crippen LogP contribution in [0.3, 0.4) is 0 Å². The number of carbonyl (C=O) groups is 2. The summed E-state index contributed by atoms with van der Waals surface area (Å²) in [6.07, 6.45) is 2.38. The Morgan fingerprint density at radius 1 is 1.59 bits per heavy atom. The number of nitrogens with zero attached hydrogens (tertiary/aromatic N) is 1. The molecule has 0 aromatic carbocycles. The zero-order valence-electron chi connectivity index (χ0n) is 9.40. The van der Waals surface area contributed by atoms with Gasteiger partial charge in [-0.2, -0.15) is 4.57 Å². The summed E-state index contributed by atoms with van der Waals surface area (Å²) in [7, 11) is 0. The number of carbonyl (C=O) groups excluding carboxylic acids is 2. The van der Waals surface area contributed by atoms with Crippen LogP contribution >= 0.6 is 11.8 Å². The number of rotatable bonds is 3. The second-order valence-corrected chi connectivity index (χ2v) is 4.90. The predicted octanol–water partition coefficient (Wildman–Crippen LogP) is -2.25. The Balaban J connectivity index is 0.00000144. The molecule has 0 aliphatic carbocycles. The van der Waals surface area contributed by atoms with E-state index in [4.69, 9.17) is 0 Å². The van der Waals surface area contributed by atoms with Gasteiger partial charge < -0.3 is 22.3 Å². The lowest BCUT2D eigenvalue weighted by Crippen LogP contribution is -3.00.